The number of hydrogen-bond donors (Lipinski definition) is 2. The Bertz CT molecular complexity index is 686. The van der Waals surface area contributed by atoms with Crippen molar-refractivity contribution < 1.29 is 9.53 Å². The van der Waals surface area contributed by atoms with Crippen molar-refractivity contribution in [1.82, 2.24) is 0 Å². The Hall–Kier alpha value is -2.01. The molecule has 1 amide bonds. The van der Waals surface area contributed by atoms with Crippen LogP contribution in [0.2, 0.25) is 0 Å². The van der Waals surface area contributed by atoms with E-state index in [4.69, 9.17) is 10.5 Å². The molecule has 4 nitrogen and oxygen atoms in total. The van der Waals surface area contributed by atoms with E-state index in [0.717, 1.165) is 23.4 Å². The standard InChI is InChI=1S/C15H13BrN2O2/c16-13-3-1-10(17)8-12(13)15(19)18-11-2-4-14-9(7-11)5-6-20-14/h1-4,7-8H,5-6,17H2,(H,18,19). The summed E-state index contributed by atoms with van der Waals surface area (Å²) in [6, 6.07) is 10.8. The molecule has 3 rings (SSSR count). The summed E-state index contributed by atoms with van der Waals surface area (Å²) in [7, 11) is 0. The van der Waals surface area contributed by atoms with Gasteiger partial charge in [0, 0.05) is 22.3 Å². The maximum absolute atomic E-state index is 12.3. The van der Waals surface area contributed by atoms with E-state index in [1.807, 2.05) is 18.2 Å². The minimum absolute atomic E-state index is 0.192. The molecule has 0 atom stereocenters. The number of benzene rings is 2. The summed E-state index contributed by atoms with van der Waals surface area (Å²) in [5.74, 6) is 0.705. The topological polar surface area (TPSA) is 64.4 Å². The van der Waals surface area contributed by atoms with Crippen molar-refractivity contribution >= 4 is 33.2 Å². The van der Waals surface area contributed by atoms with Crippen molar-refractivity contribution in [2.75, 3.05) is 17.7 Å². The first kappa shape index (κ1) is 13.0. The van der Waals surface area contributed by atoms with Gasteiger partial charge in [0.2, 0.25) is 0 Å². The van der Waals surface area contributed by atoms with E-state index < -0.39 is 0 Å². The molecular formula is C15H13BrN2O2. The van der Waals surface area contributed by atoms with Crippen LogP contribution in [0.15, 0.2) is 40.9 Å². The van der Waals surface area contributed by atoms with Crippen LogP contribution in [-0.2, 0) is 6.42 Å². The van der Waals surface area contributed by atoms with Gasteiger partial charge in [0.25, 0.3) is 5.91 Å². The van der Waals surface area contributed by atoms with E-state index in [1.54, 1.807) is 18.2 Å². The highest BCUT2D eigenvalue weighted by Crippen LogP contribution is 2.28. The second-order valence-corrected chi connectivity index (χ2v) is 5.47. The zero-order valence-corrected chi connectivity index (χ0v) is 12.2. The molecule has 0 aliphatic carbocycles. The molecule has 2 aromatic rings. The van der Waals surface area contributed by atoms with Crippen molar-refractivity contribution in [2.45, 2.75) is 6.42 Å². The molecule has 0 saturated carbocycles. The summed E-state index contributed by atoms with van der Waals surface area (Å²) in [6.45, 7) is 0.702. The Morgan fingerprint density at radius 2 is 2.10 bits per heavy atom. The van der Waals surface area contributed by atoms with E-state index in [9.17, 15) is 4.79 Å². The minimum atomic E-state index is -0.192. The molecule has 1 heterocycles. The zero-order valence-electron chi connectivity index (χ0n) is 10.7. The van der Waals surface area contributed by atoms with Gasteiger partial charge < -0.3 is 15.8 Å². The van der Waals surface area contributed by atoms with Crippen molar-refractivity contribution in [3.8, 4) is 5.75 Å². The molecule has 2 aromatic carbocycles. The van der Waals surface area contributed by atoms with Gasteiger partial charge >= 0.3 is 0 Å². The van der Waals surface area contributed by atoms with Crippen LogP contribution in [0.4, 0.5) is 11.4 Å². The van der Waals surface area contributed by atoms with Crippen molar-refractivity contribution in [3.63, 3.8) is 0 Å². The van der Waals surface area contributed by atoms with Crippen molar-refractivity contribution in [2.24, 2.45) is 0 Å². The lowest BCUT2D eigenvalue weighted by Gasteiger charge is -2.09. The summed E-state index contributed by atoms with van der Waals surface area (Å²) in [5.41, 5.74) is 8.66. The largest absolute Gasteiger partial charge is 0.493 e. The fraction of sp³-hybridized carbons (Fsp3) is 0.133. The molecule has 0 spiro atoms. The molecule has 3 N–H and O–H groups in total. The van der Waals surface area contributed by atoms with Crippen molar-refractivity contribution in [1.29, 1.82) is 0 Å². The minimum Gasteiger partial charge on any atom is -0.493 e. The van der Waals surface area contributed by atoms with Gasteiger partial charge in [-0.3, -0.25) is 4.79 Å². The summed E-state index contributed by atoms with van der Waals surface area (Å²) < 4.78 is 6.16. The van der Waals surface area contributed by atoms with Crippen LogP contribution < -0.4 is 15.8 Å². The van der Waals surface area contributed by atoms with Gasteiger partial charge in [0.15, 0.2) is 0 Å². The summed E-state index contributed by atoms with van der Waals surface area (Å²) in [6.07, 6.45) is 0.876. The van der Waals surface area contributed by atoms with Gasteiger partial charge in [-0.1, -0.05) is 0 Å². The third-order valence-electron chi connectivity index (χ3n) is 3.18. The third-order valence-corrected chi connectivity index (χ3v) is 3.87. The number of carbonyl (C=O) groups excluding carboxylic acids is 1. The van der Waals surface area contributed by atoms with E-state index >= 15 is 0 Å². The molecule has 5 heteroatoms. The fourth-order valence-electron chi connectivity index (χ4n) is 2.18. The first-order chi connectivity index (χ1) is 9.63. The molecule has 0 bridgehead atoms. The van der Waals surface area contributed by atoms with Gasteiger partial charge in [0.05, 0.1) is 12.2 Å². The Kier molecular flexibility index (Phi) is 3.36. The first-order valence-corrected chi connectivity index (χ1v) is 7.05. The van der Waals surface area contributed by atoms with E-state index in [0.29, 0.717) is 22.3 Å². The number of nitrogens with two attached hydrogens (primary N) is 1. The number of nitrogen functional groups attached to an aromatic ring is 1. The number of hydrogen-bond acceptors (Lipinski definition) is 3. The highest BCUT2D eigenvalue weighted by Gasteiger charge is 2.14. The molecule has 0 saturated heterocycles. The van der Waals surface area contributed by atoms with Crippen LogP contribution >= 0.6 is 15.9 Å². The third kappa shape index (κ3) is 2.49. The molecule has 0 unspecified atom stereocenters. The van der Waals surface area contributed by atoms with Crippen LogP contribution in [-0.4, -0.2) is 12.5 Å². The lowest BCUT2D eigenvalue weighted by atomic mass is 10.1. The van der Waals surface area contributed by atoms with Gasteiger partial charge in [-0.25, -0.2) is 0 Å². The number of halogens is 1. The number of fused-ring (bicyclic) bond motifs is 1. The van der Waals surface area contributed by atoms with Gasteiger partial charge in [-0.2, -0.15) is 0 Å². The van der Waals surface area contributed by atoms with Gasteiger partial charge in [-0.05, 0) is 57.9 Å². The monoisotopic (exact) mass is 332 g/mol. The van der Waals surface area contributed by atoms with Crippen LogP contribution in [0.3, 0.4) is 0 Å². The van der Waals surface area contributed by atoms with Crippen LogP contribution in [0.1, 0.15) is 15.9 Å². The molecule has 1 aliphatic heterocycles. The maximum atomic E-state index is 12.3. The Balaban J connectivity index is 1.84. The fourth-order valence-corrected chi connectivity index (χ4v) is 2.61. The highest BCUT2D eigenvalue weighted by molar-refractivity contribution is 9.10. The van der Waals surface area contributed by atoms with Crippen molar-refractivity contribution in [3.05, 3.63) is 52.0 Å². The van der Waals surface area contributed by atoms with E-state index in [2.05, 4.69) is 21.2 Å². The van der Waals surface area contributed by atoms with Crippen LogP contribution in [0.5, 0.6) is 5.75 Å². The summed E-state index contributed by atoms with van der Waals surface area (Å²) >= 11 is 3.36. The lowest BCUT2D eigenvalue weighted by molar-refractivity contribution is 0.102. The average Bonchev–Trinajstić information content (AvgIpc) is 2.89. The Labute approximate surface area is 125 Å². The number of rotatable bonds is 2. The smallest absolute Gasteiger partial charge is 0.256 e. The zero-order chi connectivity index (χ0) is 14.1. The predicted molar refractivity (Wildman–Crippen MR) is 82.1 cm³/mol. The lowest BCUT2D eigenvalue weighted by Crippen LogP contribution is -2.13. The van der Waals surface area contributed by atoms with E-state index in [-0.39, 0.29) is 5.91 Å². The normalized spacial score (nSPS) is 12.7. The first-order valence-electron chi connectivity index (χ1n) is 6.25. The number of carbonyl (C=O) groups is 1. The van der Waals surface area contributed by atoms with Gasteiger partial charge in [0.1, 0.15) is 5.75 Å². The molecule has 20 heavy (non-hydrogen) atoms. The molecular weight excluding hydrogens is 320 g/mol. The second kappa shape index (κ2) is 5.17. The van der Waals surface area contributed by atoms with Crippen LogP contribution in [0, 0.1) is 0 Å². The SMILES string of the molecule is Nc1ccc(Br)c(C(=O)Nc2ccc3c(c2)CCO3)c1. The summed E-state index contributed by atoms with van der Waals surface area (Å²) in [4.78, 5) is 12.3. The van der Waals surface area contributed by atoms with E-state index in [1.165, 1.54) is 0 Å². The number of anilines is 2. The quantitative estimate of drug-likeness (QED) is 0.830. The summed E-state index contributed by atoms with van der Waals surface area (Å²) in [5, 5.41) is 2.88. The molecule has 0 radical (unpaired) electrons. The predicted octanol–water partition coefficient (Wildman–Crippen LogP) is 3.22. The number of ether oxygens (including phenoxy) is 1. The molecule has 1 aliphatic rings. The average molecular weight is 333 g/mol. The second-order valence-electron chi connectivity index (χ2n) is 4.61. The number of amides is 1. The Morgan fingerprint density at radius 1 is 1.25 bits per heavy atom. The molecule has 102 valence electrons. The maximum Gasteiger partial charge on any atom is 0.256 e. The molecule has 0 aromatic heterocycles. The van der Waals surface area contributed by atoms with Gasteiger partial charge in [-0.15, -0.1) is 0 Å². The number of nitrogens with one attached hydrogen (secondary N) is 1. The van der Waals surface area contributed by atoms with Crippen LogP contribution in [0.25, 0.3) is 0 Å². The molecule has 0 fully saturated rings. The highest BCUT2D eigenvalue weighted by atomic mass is 79.9. The Morgan fingerprint density at radius 3 is 2.95 bits per heavy atom.